The molecular formula is C21H18N2O4. The molecule has 0 aliphatic carbocycles. The number of hydrogen-bond donors (Lipinski definition) is 2. The van der Waals surface area contributed by atoms with Gasteiger partial charge in [-0.05, 0) is 42.3 Å². The van der Waals surface area contributed by atoms with Crippen molar-refractivity contribution < 1.29 is 19.4 Å². The van der Waals surface area contributed by atoms with Crippen LogP contribution in [0.25, 0.3) is 0 Å². The van der Waals surface area contributed by atoms with Crippen molar-refractivity contribution in [2.24, 2.45) is 0 Å². The van der Waals surface area contributed by atoms with Crippen LogP contribution in [-0.2, 0) is 11.2 Å². The van der Waals surface area contributed by atoms with Crippen LogP contribution >= 0.6 is 0 Å². The Kier molecular flexibility index (Phi) is 5.79. The molecule has 0 spiro atoms. The molecule has 27 heavy (non-hydrogen) atoms. The van der Waals surface area contributed by atoms with Crippen LogP contribution in [0.5, 0.6) is 11.5 Å². The van der Waals surface area contributed by atoms with Gasteiger partial charge in [0.2, 0.25) is 0 Å². The maximum absolute atomic E-state index is 12.4. The van der Waals surface area contributed by atoms with E-state index in [9.17, 15) is 9.59 Å². The Labute approximate surface area is 156 Å². The fourth-order valence-electron chi connectivity index (χ4n) is 2.42. The molecule has 0 saturated carbocycles. The highest BCUT2D eigenvalue weighted by atomic mass is 16.5. The van der Waals surface area contributed by atoms with Gasteiger partial charge in [0.25, 0.3) is 5.91 Å². The number of anilines is 1. The van der Waals surface area contributed by atoms with E-state index in [4.69, 9.17) is 9.84 Å². The van der Waals surface area contributed by atoms with E-state index in [0.717, 1.165) is 5.56 Å². The van der Waals surface area contributed by atoms with Crippen LogP contribution in [-0.4, -0.2) is 22.0 Å². The quantitative estimate of drug-likeness (QED) is 0.659. The van der Waals surface area contributed by atoms with Gasteiger partial charge in [-0.25, -0.2) is 0 Å². The van der Waals surface area contributed by atoms with Crippen molar-refractivity contribution in [2.45, 2.75) is 12.8 Å². The lowest BCUT2D eigenvalue weighted by Crippen LogP contribution is -2.13. The molecule has 0 unspecified atom stereocenters. The van der Waals surface area contributed by atoms with Gasteiger partial charge in [0.1, 0.15) is 17.2 Å². The summed E-state index contributed by atoms with van der Waals surface area (Å²) in [5, 5.41) is 11.5. The molecule has 0 fully saturated rings. The number of amides is 1. The number of hydrogen-bond acceptors (Lipinski definition) is 4. The molecule has 0 aliphatic rings. The van der Waals surface area contributed by atoms with E-state index in [1.54, 1.807) is 36.4 Å². The lowest BCUT2D eigenvalue weighted by Gasteiger charge is -2.08. The van der Waals surface area contributed by atoms with Crippen LogP contribution in [0.15, 0.2) is 72.9 Å². The number of pyridine rings is 1. The van der Waals surface area contributed by atoms with Crippen molar-refractivity contribution in [2.75, 3.05) is 5.32 Å². The number of aryl methyl sites for hydroxylation is 1. The summed E-state index contributed by atoms with van der Waals surface area (Å²) in [4.78, 5) is 27.1. The molecule has 1 heterocycles. The van der Waals surface area contributed by atoms with Crippen LogP contribution in [0.3, 0.4) is 0 Å². The number of ether oxygens (including phenoxy) is 1. The molecule has 6 nitrogen and oxygen atoms in total. The Bertz CT molecular complexity index is 924. The molecule has 1 amide bonds. The predicted octanol–water partition coefficient (Wildman–Crippen LogP) is 4.14. The van der Waals surface area contributed by atoms with Gasteiger partial charge >= 0.3 is 5.97 Å². The number of carbonyl (C=O) groups excluding carboxylic acids is 1. The molecule has 1 aromatic heterocycles. The first kappa shape index (κ1) is 18.1. The largest absolute Gasteiger partial charge is 0.481 e. The Morgan fingerprint density at radius 2 is 1.70 bits per heavy atom. The third-order valence-electron chi connectivity index (χ3n) is 3.78. The van der Waals surface area contributed by atoms with Crippen LogP contribution < -0.4 is 10.1 Å². The fraction of sp³-hybridized carbons (Fsp3) is 0.0952. The highest BCUT2D eigenvalue weighted by molar-refractivity contribution is 6.03. The van der Waals surface area contributed by atoms with Crippen molar-refractivity contribution in [3.63, 3.8) is 0 Å². The molecule has 2 N–H and O–H groups in total. The highest BCUT2D eigenvalue weighted by Gasteiger charge is 2.10. The average molecular weight is 362 g/mol. The summed E-state index contributed by atoms with van der Waals surface area (Å²) in [6.07, 6.45) is 2.04. The van der Waals surface area contributed by atoms with Gasteiger partial charge in [0.05, 0.1) is 0 Å². The Hall–Kier alpha value is -3.67. The SMILES string of the molecule is O=C(O)CCc1ccc(NC(=O)c2cc(Oc3ccccc3)ccn2)cc1. The zero-order valence-electron chi connectivity index (χ0n) is 14.5. The van der Waals surface area contributed by atoms with E-state index in [2.05, 4.69) is 10.3 Å². The van der Waals surface area contributed by atoms with Gasteiger partial charge in [-0.15, -0.1) is 0 Å². The van der Waals surface area contributed by atoms with Crippen LogP contribution in [0.1, 0.15) is 22.5 Å². The molecule has 0 bridgehead atoms. The number of para-hydroxylation sites is 1. The normalized spacial score (nSPS) is 10.2. The molecule has 0 atom stereocenters. The van der Waals surface area contributed by atoms with Gasteiger partial charge in [0.15, 0.2) is 0 Å². The first-order valence-electron chi connectivity index (χ1n) is 8.41. The molecule has 0 aliphatic heterocycles. The molecule has 3 rings (SSSR count). The molecule has 2 aromatic carbocycles. The first-order chi connectivity index (χ1) is 13.1. The molecule has 0 saturated heterocycles. The van der Waals surface area contributed by atoms with Crippen LogP contribution in [0.2, 0.25) is 0 Å². The second kappa shape index (κ2) is 8.62. The zero-order chi connectivity index (χ0) is 19.1. The highest BCUT2D eigenvalue weighted by Crippen LogP contribution is 2.21. The van der Waals surface area contributed by atoms with Crippen LogP contribution in [0.4, 0.5) is 5.69 Å². The molecule has 0 radical (unpaired) electrons. The van der Waals surface area contributed by atoms with Crippen molar-refractivity contribution in [3.8, 4) is 11.5 Å². The zero-order valence-corrected chi connectivity index (χ0v) is 14.5. The van der Waals surface area contributed by atoms with E-state index >= 15 is 0 Å². The number of aromatic nitrogens is 1. The number of nitrogens with zero attached hydrogens (tertiary/aromatic N) is 1. The third kappa shape index (κ3) is 5.40. The number of aliphatic carboxylic acids is 1. The predicted molar refractivity (Wildman–Crippen MR) is 101 cm³/mol. The van der Waals surface area contributed by atoms with E-state index < -0.39 is 5.97 Å². The fourth-order valence-corrected chi connectivity index (χ4v) is 2.42. The number of nitrogens with one attached hydrogen (secondary N) is 1. The maximum atomic E-state index is 12.4. The third-order valence-corrected chi connectivity index (χ3v) is 3.78. The Morgan fingerprint density at radius 3 is 2.41 bits per heavy atom. The standard InChI is InChI=1S/C21H18N2O4/c24-20(25)11-8-15-6-9-16(10-7-15)23-21(26)19-14-18(12-13-22-19)27-17-4-2-1-3-5-17/h1-7,9-10,12-14H,8,11H2,(H,23,26)(H,24,25). The van der Waals surface area contributed by atoms with Gasteiger partial charge in [-0.1, -0.05) is 30.3 Å². The molecule has 6 heteroatoms. The van der Waals surface area contributed by atoms with Crippen molar-refractivity contribution in [1.29, 1.82) is 0 Å². The van der Waals surface area contributed by atoms with E-state index in [-0.39, 0.29) is 18.0 Å². The second-order valence-corrected chi connectivity index (χ2v) is 5.84. The maximum Gasteiger partial charge on any atom is 0.303 e. The van der Waals surface area contributed by atoms with Gasteiger partial charge in [-0.3, -0.25) is 14.6 Å². The summed E-state index contributed by atoms with van der Waals surface area (Å²) >= 11 is 0. The summed E-state index contributed by atoms with van der Waals surface area (Å²) in [5.41, 5.74) is 1.74. The monoisotopic (exact) mass is 362 g/mol. The Morgan fingerprint density at radius 1 is 0.963 bits per heavy atom. The van der Waals surface area contributed by atoms with Gasteiger partial charge in [-0.2, -0.15) is 0 Å². The minimum Gasteiger partial charge on any atom is -0.481 e. The summed E-state index contributed by atoms with van der Waals surface area (Å²) in [5.74, 6) is 0.000214. The van der Waals surface area contributed by atoms with Crippen molar-refractivity contribution in [1.82, 2.24) is 4.98 Å². The second-order valence-electron chi connectivity index (χ2n) is 5.84. The van der Waals surface area contributed by atoms with Gasteiger partial charge < -0.3 is 15.2 Å². The number of benzene rings is 2. The summed E-state index contributed by atoms with van der Waals surface area (Å²) in [7, 11) is 0. The summed E-state index contributed by atoms with van der Waals surface area (Å²) in [6, 6.07) is 19.6. The molecular weight excluding hydrogens is 344 g/mol. The first-order valence-corrected chi connectivity index (χ1v) is 8.41. The lowest BCUT2D eigenvalue weighted by atomic mass is 10.1. The smallest absolute Gasteiger partial charge is 0.303 e. The van der Waals surface area contributed by atoms with Crippen molar-refractivity contribution >= 4 is 17.6 Å². The van der Waals surface area contributed by atoms with Gasteiger partial charge in [0, 0.05) is 24.4 Å². The number of carboxylic acid groups (broad SMARTS) is 1. The van der Waals surface area contributed by atoms with Crippen molar-refractivity contribution in [3.05, 3.63) is 84.2 Å². The van der Waals surface area contributed by atoms with E-state index in [0.29, 0.717) is 23.6 Å². The minimum atomic E-state index is -0.837. The lowest BCUT2D eigenvalue weighted by molar-refractivity contribution is -0.136. The molecule has 3 aromatic rings. The van der Waals surface area contributed by atoms with E-state index in [1.807, 2.05) is 30.3 Å². The molecule has 136 valence electrons. The number of rotatable bonds is 7. The summed E-state index contributed by atoms with van der Waals surface area (Å²) < 4.78 is 5.71. The minimum absolute atomic E-state index is 0.0732. The number of carbonyl (C=O) groups is 2. The summed E-state index contributed by atoms with van der Waals surface area (Å²) in [6.45, 7) is 0. The van der Waals surface area contributed by atoms with Crippen LogP contribution in [0, 0.1) is 0 Å². The average Bonchev–Trinajstić information content (AvgIpc) is 2.68. The Balaban J connectivity index is 1.64. The number of carboxylic acids is 1. The van der Waals surface area contributed by atoms with E-state index in [1.165, 1.54) is 6.20 Å². The topological polar surface area (TPSA) is 88.5 Å².